The molecular formula is C16H21N5OS. The van der Waals surface area contributed by atoms with E-state index < -0.39 is 0 Å². The molecular weight excluding hydrogens is 310 g/mol. The third kappa shape index (κ3) is 3.85. The van der Waals surface area contributed by atoms with Crippen LogP contribution in [0.2, 0.25) is 0 Å². The number of aryl methyl sites for hydroxylation is 2. The molecule has 3 heterocycles. The summed E-state index contributed by atoms with van der Waals surface area (Å²) in [6, 6.07) is 4.19. The van der Waals surface area contributed by atoms with Gasteiger partial charge in [0.05, 0.1) is 5.69 Å². The fraction of sp³-hybridized carbons (Fsp3) is 0.500. The van der Waals surface area contributed by atoms with Crippen molar-refractivity contribution < 1.29 is 4.79 Å². The topological polar surface area (TPSA) is 71.0 Å². The number of piperidine rings is 1. The Balaban J connectivity index is 1.48. The van der Waals surface area contributed by atoms with Gasteiger partial charge < -0.3 is 10.2 Å². The van der Waals surface area contributed by atoms with Crippen LogP contribution in [-0.4, -0.2) is 40.1 Å². The highest BCUT2D eigenvalue weighted by Crippen LogP contribution is 2.23. The van der Waals surface area contributed by atoms with Crippen LogP contribution in [-0.2, 0) is 0 Å². The number of amides is 1. The van der Waals surface area contributed by atoms with E-state index in [4.69, 9.17) is 0 Å². The van der Waals surface area contributed by atoms with Crippen molar-refractivity contribution in [3.63, 3.8) is 0 Å². The highest BCUT2D eigenvalue weighted by molar-refractivity contribution is 7.07. The first-order valence-corrected chi connectivity index (χ1v) is 8.65. The Morgan fingerprint density at radius 1 is 1.39 bits per heavy atom. The van der Waals surface area contributed by atoms with Gasteiger partial charge in [-0.15, -0.1) is 5.10 Å². The molecule has 2 aromatic heterocycles. The Morgan fingerprint density at radius 3 is 2.83 bits per heavy atom. The standard InChI is InChI=1S/C16H21N5OS/c1-11-9-14(3-6-17-11)21-7-4-13(5-8-21)10-18-16(22)15-12(2)19-20-23-15/h3,6,9,13H,4-5,7-8,10H2,1-2H3,(H,18,22). The number of carbonyl (C=O) groups excluding carboxylic acids is 1. The first-order chi connectivity index (χ1) is 11.1. The summed E-state index contributed by atoms with van der Waals surface area (Å²) in [4.78, 5) is 19.4. The molecule has 122 valence electrons. The molecule has 0 spiro atoms. The molecule has 0 aliphatic carbocycles. The van der Waals surface area contributed by atoms with Crippen molar-refractivity contribution in [1.29, 1.82) is 0 Å². The minimum atomic E-state index is -0.0512. The van der Waals surface area contributed by atoms with E-state index in [1.54, 1.807) is 0 Å². The Kier molecular flexibility index (Phi) is 4.85. The predicted molar refractivity (Wildman–Crippen MR) is 90.9 cm³/mol. The fourth-order valence-corrected chi connectivity index (χ4v) is 3.45. The van der Waals surface area contributed by atoms with Crippen LogP contribution >= 0.6 is 11.5 Å². The van der Waals surface area contributed by atoms with E-state index in [9.17, 15) is 4.79 Å². The molecule has 1 aliphatic heterocycles. The van der Waals surface area contributed by atoms with Gasteiger partial charge in [0, 0.05) is 37.2 Å². The molecule has 1 aliphatic rings. The summed E-state index contributed by atoms with van der Waals surface area (Å²) in [5.41, 5.74) is 2.99. The van der Waals surface area contributed by atoms with Gasteiger partial charge in [-0.2, -0.15) is 0 Å². The Bertz CT molecular complexity index is 679. The zero-order chi connectivity index (χ0) is 16.2. The lowest BCUT2D eigenvalue weighted by Crippen LogP contribution is -2.38. The van der Waals surface area contributed by atoms with Gasteiger partial charge in [-0.3, -0.25) is 9.78 Å². The molecule has 0 radical (unpaired) electrons. The average molecular weight is 331 g/mol. The van der Waals surface area contributed by atoms with E-state index in [1.807, 2.05) is 20.0 Å². The highest BCUT2D eigenvalue weighted by Gasteiger charge is 2.21. The van der Waals surface area contributed by atoms with E-state index in [0.29, 0.717) is 16.5 Å². The van der Waals surface area contributed by atoms with Crippen LogP contribution in [0.25, 0.3) is 0 Å². The molecule has 0 unspecified atom stereocenters. The van der Waals surface area contributed by atoms with E-state index in [2.05, 4.69) is 36.9 Å². The van der Waals surface area contributed by atoms with E-state index >= 15 is 0 Å². The maximum Gasteiger partial charge on any atom is 0.264 e. The quantitative estimate of drug-likeness (QED) is 0.930. The monoisotopic (exact) mass is 331 g/mol. The third-order valence-electron chi connectivity index (χ3n) is 4.27. The minimum Gasteiger partial charge on any atom is -0.371 e. The number of carbonyl (C=O) groups is 1. The predicted octanol–water partition coefficient (Wildman–Crippen LogP) is 2.20. The summed E-state index contributed by atoms with van der Waals surface area (Å²) < 4.78 is 3.81. The second-order valence-electron chi connectivity index (χ2n) is 5.98. The van der Waals surface area contributed by atoms with Crippen molar-refractivity contribution in [2.75, 3.05) is 24.5 Å². The zero-order valence-corrected chi connectivity index (χ0v) is 14.3. The summed E-state index contributed by atoms with van der Waals surface area (Å²) in [5, 5.41) is 6.90. The van der Waals surface area contributed by atoms with Crippen LogP contribution in [0.15, 0.2) is 18.3 Å². The molecule has 1 fully saturated rings. The Morgan fingerprint density at radius 2 is 2.17 bits per heavy atom. The highest BCUT2D eigenvalue weighted by atomic mass is 32.1. The van der Waals surface area contributed by atoms with Gasteiger partial charge in [0.1, 0.15) is 4.88 Å². The molecule has 2 aromatic rings. The maximum atomic E-state index is 12.1. The van der Waals surface area contributed by atoms with Gasteiger partial charge in [-0.25, -0.2) is 0 Å². The smallest absolute Gasteiger partial charge is 0.264 e. The minimum absolute atomic E-state index is 0.0512. The van der Waals surface area contributed by atoms with Gasteiger partial charge in [0.15, 0.2) is 0 Å². The summed E-state index contributed by atoms with van der Waals surface area (Å²) in [7, 11) is 0. The summed E-state index contributed by atoms with van der Waals surface area (Å²) in [6.07, 6.45) is 4.03. The van der Waals surface area contributed by atoms with Crippen LogP contribution < -0.4 is 10.2 Å². The van der Waals surface area contributed by atoms with Gasteiger partial charge in [-0.1, -0.05) is 4.49 Å². The number of nitrogens with one attached hydrogen (secondary N) is 1. The number of nitrogens with zero attached hydrogens (tertiary/aromatic N) is 4. The van der Waals surface area contributed by atoms with Gasteiger partial charge >= 0.3 is 0 Å². The lowest BCUT2D eigenvalue weighted by Gasteiger charge is -2.33. The van der Waals surface area contributed by atoms with Gasteiger partial charge in [0.2, 0.25) is 0 Å². The SMILES string of the molecule is Cc1cc(N2CCC(CNC(=O)c3snnc3C)CC2)ccn1. The summed E-state index contributed by atoms with van der Waals surface area (Å²) >= 11 is 1.16. The molecule has 1 saturated heterocycles. The summed E-state index contributed by atoms with van der Waals surface area (Å²) in [5.74, 6) is 0.476. The first-order valence-electron chi connectivity index (χ1n) is 7.88. The van der Waals surface area contributed by atoms with Crippen LogP contribution in [0, 0.1) is 19.8 Å². The zero-order valence-electron chi connectivity index (χ0n) is 13.5. The van der Waals surface area contributed by atoms with E-state index in [-0.39, 0.29) is 5.91 Å². The number of hydrogen-bond donors (Lipinski definition) is 1. The second kappa shape index (κ2) is 7.04. The van der Waals surface area contributed by atoms with Crippen molar-refractivity contribution >= 4 is 23.1 Å². The molecule has 23 heavy (non-hydrogen) atoms. The van der Waals surface area contributed by atoms with Gasteiger partial charge in [0.25, 0.3) is 5.91 Å². The molecule has 3 rings (SSSR count). The Labute approximate surface area is 140 Å². The summed E-state index contributed by atoms with van der Waals surface area (Å²) in [6.45, 7) is 6.59. The van der Waals surface area contributed by atoms with E-state index in [1.165, 1.54) is 5.69 Å². The van der Waals surface area contributed by atoms with Crippen molar-refractivity contribution in [1.82, 2.24) is 19.9 Å². The normalized spacial score (nSPS) is 15.7. The van der Waals surface area contributed by atoms with Crippen molar-refractivity contribution in [2.24, 2.45) is 5.92 Å². The molecule has 1 N–H and O–H groups in total. The molecule has 0 atom stereocenters. The molecule has 6 nitrogen and oxygen atoms in total. The maximum absolute atomic E-state index is 12.1. The second-order valence-corrected chi connectivity index (χ2v) is 6.74. The number of rotatable bonds is 4. The molecule has 1 amide bonds. The lowest BCUT2D eigenvalue weighted by molar-refractivity contribution is 0.0948. The van der Waals surface area contributed by atoms with Crippen LogP contribution in [0.1, 0.15) is 33.9 Å². The molecule has 0 saturated carbocycles. The number of aromatic nitrogens is 3. The van der Waals surface area contributed by atoms with E-state index in [0.717, 1.165) is 49.7 Å². The number of anilines is 1. The lowest BCUT2D eigenvalue weighted by atomic mass is 9.96. The van der Waals surface area contributed by atoms with Crippen LogP contribution in [0.4, 0.5) is 5.69 Å². The molecule has 0 aromatic carbocycles. The largest absolute Gasteiger partial charge is 0.371 e. The van der Waals surface area contributed by atoms with Crippen molar-refractivity contribution in [3.8, 4) is 0 Å². The number of pyridine rings is 1. The van der Waals surface area contributed by atoms with Crippen LogP contribution in [0.3, 0.4) is 0 Å². The van der Waals surface area contributed by atoms with Crippen molar-refractivity contribution in [3.05, 3.63) is 34.6 Å². The third-order valence-corrected chi connectivity index (χ3v) is 5.10. The Hall–Kier alpha value is -2.02. The van der Waals surface area contributed by atoms with Crippen molar-refractivity contribution in [2.45, 2.75) is 26.7 Å². The average Bonchev–Trinajstić information content (AvgIpc) is 2.99. The van der Waals surface area contributed by atoms with Crippen LogP contribution in [0.5, 0.6) is 0 Å². The molecule has 7 heteroatoms. The van der Waals surface area contributed by atoms with Gasteiger partial charge in [-0.05, 0) is 56.3 Å². The first kappa shape index (κ1) is 15.9. The number of hydrogen-bond acceptors (Lipinski definition) is 6. The molecule has 0 bridgehead atoms. The fourth-order valence-electron chi connectivity index (χ4n) is 2.88.